The highest BCUT2D eigenvalue weighted by Crippen LogP contribution is 2.11. The molecular weight excluding hydrogens is 164 g/mol. The lowest BCUT2D eigenvalue weighted by Crippen LogP contribution is -2.30. The summed E-state index contributed by atoms with van der Waals surface area (Å²) in [5, 5.41) is 11.7. The summed E-state index contributed by atoms with van der Waals surface area (Å²) in [5.74, 6) is 0.0886. The topological polar surface area (TPSA) is 45.0 Å². The van der Waals surface area contributed by atoms with Crippen LogP contribution in [-0.4, -0.2) is 25.8 Å². The van der Waals surface area contributed by atoms with Crippen LogP contribution in [-0.2, 0) is 4.74 Å². The molecule has 0 fully saturated rings. The Kier molecular flexibility index (Phi) is 5.68. The molecule has 3 nitrogen and oxygen atoms in total. The maximum atomic E-state index is 8.53. The molecule has 0 saturated carbocycles. The van der Waals surface area contributed by atoms with E-state index in [1.165, 1.54) is 0 Å². The first-order valence-corrected chi connectivity index (χ1v) is 4.67. The molecule has 0 saturated heterocycles. The second-order valence-electron chi connectivity index (χ2n) is 3.95. The van der Waals surface area contributed by atoms with Gasteiger partial charge in [0.1, 0.15) is 0 Å². The number of nitrogens with zero attached hydrogens (tertiary/aromatic N) is 1. The molecule has 0 aromatic carbocycles. The van der Waals surface area contributed by atoms with E-state index in [1.54, 1.807) is 7.11 Å². The van der Waals surface area contributed by atoms with E-state index in [9.17, 15) is 0 Å². The van der Waals surface area contributed by atoms with Crippen molar-refractivity contribution in [2.75, 3.05) is 20.2 Å². The predicted molar refractivity (Wildman–Crippen MR) is 53.4 cm³/mol. The van der Waals surface area contributed by atoms with Crippen LogP contribution in [0.1, 0.15) is 27.2 Å². The Bertz CT molecular complexity index is 172. The van der Waals surface area contributed by atoms with Crippen molar-refractivity contribution in [3.05, 3.63) is 0 Å². The number of nitrogens with one attached hydrogen (secondary N) is 1. The van der Waals surface area contributed by atoms with Crippen LogP contribution < -0.4 is 5.32 Å². The number of nitriles is 1. The fourth-order valence-electron chi connectivity index (χ4n) is 0.856. The first-order chi connectivity index (χ1) is 6.02. The number of hydrogen-bond donors (Lipinski definition) is 1. The zero-order valence-corrected chi connectivity index (χ0v) is 9.05. The number of rotatable bonds is 6. The fourth-order valence-corrected chi connectivity index (χ4v) is 0.856. The number of methoxy groups -OCH3 is 1. The van der Waals surface area contributed by atoms with Gasteiger partial charge in [0.2, 0.25) is 0 Å². The third-order valence-corrected chi connectivity index (χ3v) is 2.13. The van der Waals surface area contributed by atoms with Gasteiger partial charge in [-0.1, -0.05) is 0 Å². The van der Waals surface area contributed by atoms with Gasteiger partial charge in [0.25, 0.3) is 0 Å². The van der Waals surface area contributed by atoms with Crippen molar-refractivity contribution in [2.24, 2.45) is 5.92 Å². The molecule has 1 atom stereocenters. The predicted octanol–water partition coefficient (Wildman–Crippen LogP) is 1.55. The Morgan fingerprint density at radius 3 is 2.62 bits per heavy atom. The van der Waals surface area contributed by atoms with Crippen LogP contribution in [0.15, 0.2) is 0 Å². The Morgan fingerprint density at radius 1 is 1.54 bits per heavy atom. The van der Waals surface area contributed by atoms with E-state index in [0.29, 0.717) is 0 Å². The smallest absolute Gasteiger partial charge is 0.0666 e. The molecule has 0 aliphatic carbocycles. The minimum absolute atomic E-state index is 0.0666. The van der Waals surface area contributed by atoms with Crippen molar-refractivity contribution in [3.63, 3.8) is 0 Å². The molecule has 3 heteroatoms. The second kappa shape index (κ2) is 5.95. The molecule has 0 rings (SSSR count). The first kappa shape index (κ1) is 12.4. The van der Waals surface area contributed by atoms with Crippen molar-refractivity contribution >= 4 is 0 Å². The van der Waals surface area contributed by atoms with Crippen LogP contribution in [0.25, 0.3) is 0 Å². The number of hydrogen-bond acceptors (Lipinski definition) is 3. The Morgan fingerprint density at radius 2 is 2.15 bits per heavy atom. The van der Waals surface area contributed by atoms with Crippen LogP contribution >= 0.6 is 0 Å². The fraction of sp³-hybridized carbons (Fsp3) is 0.900. The van der Waals surface area contributed by atoms with E-state index >= 15 is 0 Å². The zero-order valence-electron chi connectivity index (χ0n) is 9.05. The highest BCUT2D eigenvalue weighted by atomic mass is 16.5. The van der Waals surface area contributed by atoms with Gasteiger partial charge in [-0.05, 0) is 33.7 Å². The van der Waals surface area contributed by atoms with Gasteiger partial charge in [-0.3, -0.25) is 0 Å². The van der Waals surface area contributed by atoms with Gasteiger partial charge >= 0.3 is 0 Å². The molecule has 13 heavy (non-hydrogen) atoms. The summed E-state index contributed by atoms with van der Waals surface area (Å²) in [6, 6.07) is 2.18. The molecule has 1 unspecified atom stereocenters. The van der Waals surface area contributed by atoms with Crippen LogP contribution in [0.3, 0.4) is 0 Å². The number of ether oxygens (including phenoxy) is 1. The Labute approximate surface area is 81.1 Å². The molecular formula is C10H20N2O. The SMILES string of the molecule is COC(C)(C)CCNCC(C)C#N. The molecule has 0 aliphatic heterocycles. The lowest BCUT2D eigenvalue weighted by molar-refractivity contribution is 0.0158. The van der Waals surface area contributed by atoms with Gasteiger partial charge in [0.15, 0.2) is 0 Å². The van der Waals surface area contributed by atoms with E-state index < -0.39 is 0 Å². The molecule has 0 amide bonds. The van der Waals surface area contributed by atoms with E-state index in [2.05, 4.69) is 25.2 Å². The van der Waals surface area contributed by atoms with Gasteiger partial charge in [-0.15, -0.1) is 0 Å². The van der Waals surface area contributed by atoms with E-state index in [0.717, 1.165) is 19.5 Å². The lowest BCUT2D eigenvalue weighted by Gasteiger charge is -2.22. The van der Waals surface area contributed by atoms with E-state index in [1.807, 2.05) is 6.92 Å². The average molecular weight is 184 g/mol. The molecule has 0 spiro atoms. The quantitative estimate of drug-likeness (QED) is 0.637. The van der Waals surface area contributed by atoms with Gasteiger partial charge < -0.3 is 10.1 Å². The lowest BCUT2D eigenvalue weighted by atomic mass is 10.1. The molecule has 0 aromatic heterocycles. The second-order valence-corrected chi connectivity index (χ2v) is 3.95. The van der Waals surface area contributed by atoms with Crippen molar-refractivity contribution in [2.45, 2.75) is 32.8 Å². The summed E-state index contributed by atoms with van der Waals surface area (Å²) in [7, 11) is 1.72. The summed E-state index contributed by atoms with van der Waals surface area (Å²) in [5.41, 5.74) is -0.0666. The summed E-state index contributed by atoms with van der Waals surface area (Å²) in [4.78, 5) is 0. The normalized spacial score (nSPS) is 13.8. The monoisotopic (exact) mass is 184 g/mol. The van der Waals surface area contributed by atoms with Gasteiger partial charge in [-0.2, -0.15) is 5.26 Å². The minimum Gasteiger partial charge on any atom is -0.379 e. The third kappa shape index (κ3) is 6.56. The van der Waals surface area contributed by atoms with Crippen molar-refractivity contribution in [1.82, 2.24) is 5.32 Å². The first-order valence-electron chi connectivity index (χ1n) is 4.67. The van der Waals surface area contributed by atoms with Gasteiger partial charge in [0.05, 0.1) is 17.6 Å². The minimum atomic E-state index is -0.0666. The van der Waals surface area contributed by atoms with Crippen LogP contribution in [0.4, 0.5) is 0 Å². The van der Waals surface area contributed by atoms with Crippen molar-refractivity contribution in [3.8, 4) is 6.07 Å². The summed E-state index contributed by atoms with van der Waals surface area (Å²) < 4.78 is 5.27. The van der Waals surface area contributed by atoms with E-state index in [4.69, 9.17) is 10.00 Å². The molecule has 0 aromatic rings. The third-order valence-electron chi connectivity index (χ3n) is 2.13. The maximum Gasteiger partial charge on any atom is 0.0666 e. The van der Waals surface area contributed by atoms with Crippen molar-refractivity contribution < 1.29 is 4.74 Å². The van der Waals surface area contributed by atoms with Gasteiger partial charge in [-0.25, -0.2) is 0 Å². The average Bonchev–Trinajstić information content (AvgIpc) is 2.12. The molecule has 0 heterocycles. The standard InChI is InChI=1S/C10H20N2O/c1-9(7-11)8-12-6-5-10(2,3)13-4/h9,12H,5-6,8H2,1-4H3. The van der Waals surface area contributed by atoms with Crippen LogP contribution in [0.5, 0.6) is 0 Å². The summed E-state index contributed by atoms with van der Waals surface area (Å²) >= 11 is 0. The molecule has 0 bridgehead atoms. The highest BCUT2D eigenvalue weighted by molar-refractivity contribution is 4.80. The van der Waals surface area contributed by atoms with Crippen LogP contribution in [0, 0.1) is 17.2 Å². The molecule has 0 aliphatic rings. The van der Waals surface area contributed by atoms with Crippen molar-refractivity contribution in [1.29, 1.82) is 5.26 Å². The maximum absolute atomic E-state index is 8.53. The largest absolute Gasteiger partial charge is 0.379 e. The molecule has 0 radical (unpaired) electrons. The summed E-state index contributed by atoms with van der Waals surface area (Å²) in [6.45, 7) is 7.68. The Balaban J connectivity index is 3.42. The van der Waals surface area contributed by atoms with Gasteiger partial charge in [0, 0.05) is 13.7 Å². The molecule has 1 N–H and O–H groups in total. The summed E-state index contributed by atoms with van der Waals surface area (Å²) in [6.07, 6.45) is 0.960. The molecule has 76 valence electrons. The highest BCUT2D eigenvalue weighted by Gasteiger charge is 2.14. The Hall–Kier alpha value is -0.590. The van der Waals surface area contributed by atoms with E-state index in [-0.39, 0.29) is 11.5 Å². The zero-order chi connectivity index (χ0) is 10.3. The van der Waals surface area contributed by atoms with Crippen LogP contribution in [0.2, 0.25) is 0 Å².